The minimum atomic E-state index is 0.852. The number of ether oxygens (including phenoxy) is 2. The zero-order valence-corrected chi connectivity index (χ0v) is 12.4. The van der Waals surface area contributed by atoms with Crippen molar-refractivity contribution in [1.82, 2.24) is 0 Å². The third-order valence-electron chi connectivity index (χ3n) is 3.84. The summed E-state index contributed by atoms with van der Waals surface area (Å²) in [5.41, 5.74) is 4.59. The number of benzene rings is 2. The molecule has 0 amide bonds. The van der Waals surface area contributed by atoms with E-state index in [1.807, 2.05) is 36.4 Å². The summed E-state index contributed by atoms with van der Waals surface area (Å²) < 4.78 is 10.7. The molecule has 21 heavy (non-hydrogen) atoms. The van der Waals surface area contributed by atoms with Gasteiger partial charge in [-0.05, 0) is 49.6 Å². The summed E-state index contributed by atoms with van der Waals surface area (Å²) in [5, 5.41) is 0. The van der Waals surface area contributed by atoms with Crippen molar-refractivity contribution in [3.63, 3.8) is 0 Å². The number of methoxy groups -OCH3 is 2. The summed E-state index contributed by atoms with van der Waals surface area (Å²) in [7, 11) is 3.40. The number of aliphatic imine (C=N–C) groups is 1. The van der Waals surface area contributed by atoms with E-state index in [0.717, 1.165) is 42.2 Å². The van der Waals surface area contributed by atoms with Gasteiger partial charge in [0.15, 0.2) is 0 Å². The fourth-order valence-electron chi connectivity index (χ4n) is 2.78. The number of hydrogen-bond donors (Lipinski definition) is 0. The van der Waals surface area contributed by atoms with Gasteiger partial charge in [0.1, 0.15) is 11.5 Å². The molecule has 0 fully saturated rings. The molecule has 0 unspecified atom stereocenters. The van der Waals surface area contributed by atoms with Crippen LogP contribution in [0.25, 0.3) is 0 Å². The predicted molar refractivity (Wildman–Crippen MR) is 85.1 cm³/mol. The standard InChI is InChI=1S/C18H19NO2/c1-20-14-11-9-13(10-12-14)19-17-7-3-6-16-15(17)5-4-8-18(16)21-2/h4-5,8-12H,3,6-7H2,1-2H3. The van der Waals surface area contributed by atoms with Crippen molar-refractivity contribution < 1.29 is 9.47 Å². The van der Waals surface area contributed by atoms with Crippen LogP contribution in [0.5, 0.6) is 11.5 Å². The van der Waals surface area contributed by atoms with Gasteiger partial charge in [0.2, 0.25) is 0 Å². The van der Waals surface area contributed by atoms with Crippen LogP contribution in [0.15, 0.2) is 47.5 Å². The lowest BCUT2D eigenvalue weighted by atomic mass is 9.89. The Bertz CT molecular complexity index is 659. The van der Waals surface area contributed by atoms with Crippen molar-refractivity contribution in [2.75, 3.05) is 14.2 Å². The van der Waals surface area contributed by atoms with E-state index in [1.54, 1.807) is 14.2 Å². The molecule has 1 aliphatic rings. The summed E-state index contributed by atoms with van der Waals surface area (Å²) in [6, 6.07) is 14.0. The molecule has 0 bridgehead atoms. The molecule has 0 atom stereocenters. The van der Waals surface area contributed by atoms with Crippen LogP contribution in [0.1, 0.15) is 24.0 Å². The highest BCUT2D eigenvalue weighted by molar-refractivity contribution is 6.04. The Balaban J connectivity index is 1.99. The van der Waals surface area contributed by atoms with Crippen molar-refractivity contribution in [1.29, 1.82) is 0 Å². The second-order valence-electron chi connectivity index (χ2n) is 5.10. The van der Waals surface area contributed by atoms with Crippen LogP contribution < -0.4 is 9.47 Å². The first-order valence-corrected chi connectivity index (χ1v) is 7.19. The van der Waals surface area contributed by atoms with Crippen LogP contribution in [0, 0.1) is 0 Å². The van der Waals surface area contributed by atoms with Gasteiger partial charge in [-0.3, -0.25) is 4.99 Å². The van der Waals surface area contributed by atoms with Gasteiger partial charge in [0.25, 0.3) is 0 Å². The van der Waals surface area contributed by atoms with E-state index >= 15 is 0 Å². The Morgan fingerprint density at radius 1 is 0.905 bits per heavy atom. The van der Waals surface area contributed by atoms with Gasteiger partial charge in [-0.25, -0.2) is 0 Å². The number of fused-ring (bicyclic) bond motifs is 1. The van der Waals surface area contributed by atoms with Crippen LogP contribution >= 0.6 is 0 Å². The van der Waals surface area contributed by atoms with Gasteiger partial charge >= 0.3 is 0 Å². The van der Waals surface area contributed by atoms with E-state index in [4.69, 9.17) is 14.5 Å². The molecule has 0 aromatic heterocycles. The molecule has 108 valence electrons. The lowest BCUT2D eigenvalue weighted by Gasteiger charge is -2.20. The topological polar surface area (TPSA) is 30.8 Å². The summed E-state index contributed by atoms with van der Waals surface area (Å²) >= 11 is 0. The largest absolute Gasteiger partial charge is 0.497 e. The van der Waals surface area contributed by atoms with Gasteiger partial charge < -0.3 is 9.47 Å². The smallest absolute Gasteiger partial charge is 0.122 e. The second kappa shape index (κ2) is 6.00. The second-order valence-corrected chi connectivity index (χ2v) is 5.10. The van der Waals surface area contributed by atoms with Crippen LogP contribution in [0.4, 0.5) is 5.69 Å². The first-order valence-electron chi connectivity index (χ1n) is 7.19. The molecular formula is C18H19NO2. The van der Waals surface area contributed by atoms with E-state index in [9.17, 15) is 0 Å². The molecule has 0 radical (unpaired) electrons. The van der Waals surface area contributed by atoms with E-state index < -0.39 is 0 Å². The summed E-state index contributed by atoms with van der Waals surface area (Å²) in [4.78, 5) is 4.82. The third kappa shape index (κ3) is 2.77. The lowest BCUT2D eigenvalue weighted by molar-refractivity contribution is 0.408. The van der Waals surface area contributed by atoms with Crippen LogP contribution in [0.3, 0.4) is 0 Å². The van der Waals surface area contributed by atoms with Crippen LogP contribution in [-0.4, -0.2) is 19.9 Å². The summed E-state index contributed by atoms with van der Waals surface area (Å²) in [6.45, 7) is 0. The zero-order chi connectivity index (χ0) is 14.7. The molecule has 0 N–H and O–H groups in total. The summed E-state index contributed by atoms with van der Waals surface area (Å²) in [5.74, 6) is 1.82. The zero-order valence-electron chi connectivity index (χ0n) is 12.4. The average Bonchev–Trinajstić information content (AvgIpc) is 2.55. The molecule has 3 heteroatoms. The maximum atomic E-state index is 5.47. The maximum absolute atomic E-state index is 5.47. The van der Waals surface area contributed by atoms with Gasteiger partial charge in [0.05, 0.1) is 19.9 Å². The highest BCUT2D eigenvalue weighted by Crippen LogP contribution is 2.31. The lowest BCUT2D eigenvalue weighted by Crippen LogP contribution is -2.12. The van der Waals surface area contributed by atoms with E-state index in [2.05, 4.69) is 6.07 Å². The van der Waals surface area contributed by atoms with E-state index in [1.165, 1.54) is 11.1 Å². The molecule has 0 aliphatic heterocycles. The predicted octanol–water partition coefficient (Wildman–Crippen LogP) is 4.16. The van der Waals surface area contributed by atoms with Gasteiger partial charge in [-0.2, -0.15) is 0 Å². The average molecular weight is 281 g/mol. The molecule has 3 rings (SSSR count). The first kappa shape index (κ1) is 13.7. The van der Waals surface area contributed by atoms with Crippen molar-refractivity contribution in [2.24, 2.45) is 4.99 Å². The Labute approximate surface area is 125 Å². The Kier molecular flexibility index (Phi) is 3.91. The molecular weight excluding hydrogens is 262 g/mol. The molecule has 2 aromatic rings. The molecule has 1 aliphatic carbocycles. The quantitative estimate of drug-likeness (QED) is 0.845. The Morgan fingerprint density at radius 3 is 2.43 bits per heavy atom. The third-order valence-corrected chi connectivity index (χ3v) is 3.84. The fourth-order valence-corrected chi connectivity index (χ4v) is 2.78. The van der Waals surface area contributed by atoms with Crippen molar-refractivity contribution in [3.8, 4) is 11.5 Å². The van der Waals surface area contributed by atoms with Gasteiger partial charge in [0, 0.05) is 16.8 Å². The van der Waals surface area contributed by atoms with E-state index in [0.29, 0.717) is 0 Å². The van der Waals surface area contributed by atoms with Crippen molar-refractivity contribution in [3.05, 3.63) is 53.6 Å². The minimum absolute atomic E-state index is 0.852. The monoisotopic (exact) mass is 281 g/mol. The summed E-state index contributed by atoms with van der Waals surface area (Å²) in [6.07, 6.45) is 3.18. The normalized spacial score (nSPS) is 15.6. The fraction of sp³-hybridized carbons (Fsp3) is 0.278. The van der Waals surface area contributed by atoms with Crippen LogP contribution in [0.2, 0.25) is 0 Å². The number of nitrogens with zero attached hydrogens (tertiary/aromatic N) is 1. The molecule has 0 heterocycles. The van der Waals surface area contributed by atoms with Crippen LogP contribution in [-0.2, 0) is 6.42 Å². The molecule has 0 saturated carbocycles. The number of hydrogen-bond acceptors (Lipinski definition) is 3. The Morgan fingerprint density at radius 2 is 1.71 bits per heavy atom. The molecule has 2 aromatic carbocycles. The maximum Gasteiger partial charge on any atom is 0.122 e. The first-order chi connectivity index (χ1) is 10.3. The highest BCUT2D eigenvalue weighted by atomic mass is 16.5. The molecule has 0 spiro atoms. The Hall–Kier alpha value is -2.29. The highest BCUT2D eigenvalue weighted by Gasteiger charge is 2.18. The van der Waals surface area contributed by atoms with Crippen molar-refractivity contribution in [2.45, 2.75) is 19.3 Å². The SMILES string of the molecule is COc1ccc(N=C2CCCc3c(OC)cccc32)cc1. The minimum Gasteiger partial charge on any atom is -0.497 e. The van der Waals surface area contributed by atoms with Crippen molar-refractivity contribution >= 4 is 11.4 Å². The van der Waals surface area contributed by atoms with Gasteiger partial charge in [-0.15, -0.1) is 0 Å². The molecule has 0 saturated heterocycles. The molecule has 3 nitrogen and oxygen atoms in total. The van der Waals surface area contributed by atoms with E-state index in [-0.39, 0.29) is 0 Å². The number of rotatable bonds is 3. The van der Waals surface area contributed by atoms with Gasteiger partial charge in [-0.1, -0.05) is 12.1 Å².